The Kier molecular flexibility index (Phi) is 5.44. The van der Waals surface area contributed by atoms with E-state index in [-0.39, 0.29) is 12.1 Å². The molecule has 1 aliphatic carbocycles. The molecule has 26 heavy (non-hydrogen) atoms. The third-order valence-corrected chi connectivity index (χ3v) is 6.54. The fraction of sp³-hybridized carbons (Fsp3) is 0.476. The summed E-state index contributed by atoms with van der Waals surface area (Å²) in [7, 11) is 0. The first-order valence-electron chi connectivity index (χ1n) is 9.73. The minimum Gasteiger partial charge on any atom is -0.361 e. The van der Waals surface area contributed by atoms with E-state index in [0.717, 1.165) is 25.8 Å². The maximum absolute atomic E-state index is 12.4. The Morgan fingerprint density at radius 1 is 1.15 bits per heavy atom. The highest BCUT2D eigenvalue weighted by Gasteiger charge is 2.28. The Hall–Kier alpha value is -2.01. The standard InChI is InChI=1S/C21H27N3OS/c25-21(23-17-8-2-1-3-9-17)22-15-19(20-11-6-14-26-20)24-13-12-16-7-4-5-10-18(16)24/h4-7,10-11,14,17,19H,1-3,8-9,12-13,15H2,(H2,22,23,25). The van der Waals surface area contributed by atoms with Crippen LogP contribution < -0.4 is 15.5 Å². The number of nitrogens with zero attached hydrogens (tertiary/aromatic N) is 1. The Labute approximate surface area is 159 Å². The molecule has 2 aliphatic rings. The summed E-state index contributed by atoms with van der Waals surface area (Å²) in [5.74, 6) is 0. The van der Waals surface area contributed by atoms with E-state index in [0.29, 0.717) is 12.6 Å². The van der Waals surface area contributed by atoms with Crippen LogP contribution in [0, 0.1) is 0 Å². The lowest BCUT2D eigenvalue weighted by molar-refractivity contribution is 0.232. The van der Waals surface area contributed by atoms with Crippen molar-refractivity contribution in [3.05, 3.63) is 52.2 Å². The SMILES string of the molecule is O=C(NCC(c1cccs1)N1CCc2ccccc21)NC1CCCCC1. The van der Waals surface area contributed by atoms with Crippen molar-refractivity contribution in [3.8, 4) is 0 Å². The summed E-state index contributed by atoms with van der Waals surface area (Å²) in [5.41, 5.74) is 2.71. The van der Waals surface area contributed by atoms with Crippen molar-refractivity contribution in [1.29, 1.82) is 0 Å². The molecule has 0 spiro atoms. The maximum atomic E-state index is 12.4. The van der Waals surface area contributed by atoms with E-state index in [1.807, 2.05) is 0 Å². The molecule has 0 radical (unpaired) electrons. The molecule has 2 heterocycles. The molecule has 1 unspecified atom stereocenters. The lowest BCUT2D eigenvalue weighted by Crippen LogP contribution is -2.45. The highest BCUT2D eigenvalue weighted by atomic mass is 32.1. The highest BCUT2D eigenvalue weighted by molar-refractivity contribution is 7.10. The smallest absolute Gasteiger partial charge is 0.315 e. The highest BCUT2D eigenvalue weighted by Crippen LogP contribution is 2.36. The van der Waals surface area contributed by atoms with Crippen LogP contribution in [0.5, 0.6) is 0 Å². The van der Waals surface area contributed by atoms with Crippen LogP contribution in [-0.2, 0) is 6.42 Å². The molecular weight excluding hydrogens is 342 g/mol. The van der Waals surface area contributed by atoms with Crippen LogP contribution in [-0.4, -0.2) is 25.2 Å². The van der Waals surface area contributed by atoms with E-state index in [1.54, 1.807) is 11.3 Å². The zero-order valence-electron chi connectivity index (χ0n) is 15.1. The van der Waals surface area contributed by atoms with Gasteiger partial charge in [0.05, 0.1) is 6.04 Å². The van der Waals surface area contributed by atoms with Gasteiger partial charge in [-0.25, -0.2) is 4.79 Å². The molecule has 1 aromatic heterocycles. The number of nitrogens with one attached hydrogen (secondary N) is 2. The van der Waals surface area contributed by atoms with Gasteiger partial charge in [-0.3, -0.25) is 0 Å². The van der Waals surface area contributed by atoms with Crippen molar-refractivity contribution in [2.75, 3.05) is 18.0 Å². The van der Waals surface area contributed by atoms with Gasteiger partial charge in [0.25, 0.3) is 0 Å². The predicted molar refractivity (Wildman–Crippen MR) is 108 cm³/mol. The third-order valence-electron chi connectivity index (χ3n) is 5.57. The average Bonchev–Trinajstić information content (AvgIpc) is 3.34. The topological polar surface area (TPSA) is 44.4 Å². The van der Waals surface area contributed by atoms with E-state index in [9.17, 15) is 4.79 Å². The summed E-state index contributed by atoms with van der Waals surface area (Å²) in [4.78, 5) is 16.2. The number of hydrogen-bond donors (Lipinski definition) is 2. The summed E-state index contributed by atoms with van der Waals surface area (Å²) in [6.45, 7) is 1.64. The van der Waals surface area contributed by atoms with E-state index in [2.05, 4.69) is 57.3 Å². The molecule has 0 bridgehead atoms. The van der Waals surface area contributed by atoms with Gasteiger partial charge in [-0.15, -0.1) is 11.3 Å². The number of carbonyl (C=O) groups is 1. The number of thiophene rings is 1. The van der Waals surface area contributed by atoms with Crippen molar-refractivity contribution < 1.29 is 4.79 Å². The van der Waals surface area contributed by atoms with Gasteiger partial charge < -0.3 is 15.5 Å². The largest absolute Gasteiger partial charge is 0.361 e. The average molecular weight is 370 g/mol. The Bertz CT molecular complexity index is 725. The molecule has 2 amide bonds. The minimum absolute atomic E-state index is 0.0223. The second kappa shape index (κ2) is 8.12. The minimum atomic E-state index is -0.0223. The molecule has 1 aliphatic heterocycles. The quantitative estimate of drug-likeness (QED) is 0.816. The number of carbonyl (C=O) groups excluding carboxylic acids is 1. The lowest BCUT2D eigenvalue weighted by Gasteiger charge is -2.30. The first-order chi connectivity index (χ1) is 12.8. The number of anilines is 1. The molecule has 1 fully saturated rings. The monoisotopic (exact) mass is 369 g/mol. The molecule has 2 aromatic rings. The van der Waals surface area contributed by atoms with Crippen molar-refractivity contribution in [1.82, 2.24) is 10.6 Å². The zero-order chi connectivity index (χ0) is 17.8. The number of amides is 2. The Morgan fingerprint density at radius 3 is 2.81 bits per heavy atom. The summed E-state index contributed by atoms with van der Waals surface area (Å²) in [6, 6.07) is 13.4. The van der Waals surface area contributed by atoms with Crippen LogP contribution in [0.1, 0.15) is 48.6 Å². The Balaban J connectivity index is 1.43. The number of rotatable bonds is 5. The van der Waals surface area contributed by atoms with Gasteiger partial charge in [0, 0.05) is 29.7 Å². The molecule has 4 nitrogen and oxygen atoms in total. The van der Waals surface area contributed by atoms with Crippen LogP contribution in [0.2, 0.25) is 0 Å². The van der Waals surface area contributed by atoms with E-state index < -0.39 is 0 Å². The second-order valence-electron chi connectivity index (χ2n) is 7.29. The molecule has 0 saturated heterocycles. The summed E-state index contributed by atoms with van der Waals surface area (Å²) in [5, 5.41) is 8.42. The van der Waals surface area contributed by atoms with Crippen molar-refractivity contribution in [2.45, 2.75) is 50.6 Å². The lowest BCUT2D eigenvalue weighted by atomic mass is 9.96. The molecule has 1 atom stereocenters. The second-order valence-corrected chi connectivity index (χ2v) is 8.27. The first kappa shape index (κ1) is 17.4. The number of benzene rings is 1. The van der Waals surface area contributed by atoms with Gasteiger partial charge in [0.1, 0.15) is 0 Å². The van der Waals surface area contributed by atoms with Crippen LogP contribution in [0.15, 0.2) is 41.8 Å². The fourth-order valence-corrected chi connectivity index (χ4v) is 5.04. The van der Waals surface area contributed by atoms with Crippen LogP contribution >= 0.6 is 11.3 Å². The van der Waals surface area contributed by atoms with E-state index in [1.165, 1.54) is 35.4 Å². The zero-order valence-corrected chi connectivity index (χ0v) is 15.9. The normalized spacial score (nSPS) is 18.4. The third kappa shape index (κ3) is 3.88. The summed E-state index contributed by atoms with van der Waals surface area (Å²) in [6.07, 6.45) is 7.06. The fourth-order valence-electron chi connectivity index (χ4n) is 4.21. The van der Waals surface area contributed by atoms with Crippen LogP contribution in [0.25, 0.3) is 0 Å². The summed E-state index contributed by atoms with van der Waals surface area (Å²) >= 11 is 1.77. The number of hydrogen-bond acceptors (Lipinski definition) is 3. The van der Waals surface area contributed by atoms with E-state index >= 15 is 0 Å². The maximum Gasteiger partial charge on any atom is 0.315 e. The number of urea groups is 1. The molecular formula is C21H27N3OS. The van der Waals surface area contributed by atoms with Crippen LogP contribution in [0.4, 0.5) is 10.5 Å². The van der Waals surface area contributed by atoms with Gasteiger partial charge in [0.15, 0.2) is 0 Å². The number of para-hydroxylation sites is 1. The first-order valence-corrected chi connectivity index (χ1v) is 10.6. The van der Waals surface area contributed by atoms with Gasteiger partial charge in [-0.05, 0) is 42.3 Å². The number of fused-ring (bicyclic) bond motifs is 1. The van der Waals surface area contributed by atoms with Crippen molar-refractivity contribution in [3.63, 3.8) is 0 Å². The molecule has 1 saturated carbocycles. The Morgan fingerprint density at radius 2 is 2.00 bits per heavy atom. The van der Waals surface area contributed by atoms with Gasteiger partial charge >= 0.3 is 6.03 Å². The van der Waals surface area contributed by atoms with E-state index in [4.69, 9.17) is 0 Å². The van der Waals surface area contributed by atoms with Crippen molar-refractivity contribution in [2.24, 2.45) is 0 Å². The predicted octanol–water partition coefficient (Wildman–Crippen LogP) is 4.48. The van der Waals surface area contributed by atoms with Gasteiger partial charge in [0.2, 0.25) is 0 Å². The molecule has 138 valence electrons. The molecule has 1 aromatic carbocycles. The van der Waals surface area contributed by atoms with Gasteiger partial charge in [-0.1, -0.05) is 43.5 Å². The molecule has 4 rings (SSSR count). The van der Waals surface area contributed by atoms with Gasteiger partial charge in [-0.2, -0.15) is 0 Å². The van der Waals surface area contributed by atoms with Crippen LogP contribution in [0.3, 0.4) is 0 Å². The molecule has 2 N–H and O–H groups in total. The summed E-state index contributed by atoms with van der Waals surface area (Å²) < 4.78 is 0. The van der Waals surface area contributed by atoms with Crippen molar-refractivity contribution >= 4 is 23.1 Å². The molecule has 5 heteroatoms.